The Labute approximate surface area is 145 Å². The monoisotopic (exact) mass is 343 g/mol. The Kier molecular flexibility index (Phi) is 4.49. The maximum atomic E-state index is 12.4. The first-order chi connectivity index (χ1) is 11.6. The standard InChI is InChI=1S/C18H17NO4S/c1-22-14-10-16(24)15(23-2)9-11(14)7-8-19-17(20)12-5-3-4-6-13(12)18(19)21/h3-6,9-10,24H,7-8H2,1-2H3. The van der Waals surface area contributed by atoms with E-state index in [1.54, 1.807) is 44.6 Å². The van der Waals surface area contributed by atoms with Crippen LogP contribution in [-0.4, -0.2) is 37.5 Å². The number of thiol groups is 1. The summed E-state index contributed by atoms with van der Waals surface area (Å²) in [5, 5.41) is 0. The predicted molar refractivity (Wildman–Crippen MR) is 92.3 cm³/mol. The number of nitrogens with zero attached hydrogens (tertiary/aromatic N) is 1. The Morgan fingerprint density at radius 1 is 0.958 bits per heavy atom. The van der Waals surface area contributed by atoms with Crippen LogP contribution in [0.4, 0.5) is 0 Å². The van der Waals surface area contributed by atoms with Crippen LogP contribution in [0, 0.1) is 0 Å². The first kappa shape index (κ1) is 16.4. The molecule has 124 valence electrons. The maximum Gasteiger partial charge on any atom is 0.261 e. The SMILES string of the molecule is COc1cc(CCN2C(=O)c3ccccc3C2=O)c(OC)cc1S. The minimum Gasteiger partial charge on any atom is -0.496 e. The molecule has 2 aromatic carbocycles. The molecule has 0 bridgehead atoms. The highest BCUT2D eigenvalue weighted by Crippen LogP contribution is 2.32. The van der Waals surface area contributed by atoms with Crippen molar-refractivity contribution >= 4 is 24.4 Å². The van der Waals surface area contributed by atoms with Gasteiger partial charge in [-0.2, -0.15) is 0 Å². The summed E-state index contributed by atoms with van der Waals surface area (Å²) in [5.74, 6) is 0.758. The number of methoxy groups -OCH3 is 2. The summed E-state index contributed by atoms with van der Waals surface area (Å²) in [6.07, 6.45) is 0.471. The number of carbonyl (C=O) groups excluding carboxylic acids is 2. The average Bonchev–Trinajstić information content (AvgIpc) is 2.85. The summed E-state index contributed by atoms with van der Waals surface area (Å²) in [6.45, 7) is 0.276. The van der Waals surface area contributed by atoms with Crippen molar-refractivity contribution in [2.75, 3.05) is 20.8 Å². The zero-order valence-corrected chi connectivity index (χ0v) is 14.3. The minimum atomic E-state index is -0.257. The number of carbonyl (C=O) groups is 2. The van der Waals surface area contributed by atoms with Gasteiger partial charge in [-0.1, -0.05) is 12.1 Å². The van der Waals surface area contributed by atoms with Crippen LogP contribution >= 0.6 is 12.6 Å². The Morgan fingerprint density at radius 3 is 2.08 bits per heavy atom. The molecule has 0 saturated heterocycles. The van der Waals surface area contributed by atoms with Gasteiger partial charge in [-0.05, 0) is 36.2 Å². The van der Waals surface area contributed by atoms with Gasteiger partial charge in [0, 0.05) is 11.4 Å². The van der Waals surface area contributed by atoms with E-state index >= 15 is 0 Å². The molecule has 1 heterocycles. The lowest BCUT2D eigenvalue weighted by Gasteiger charge is -2.16. The van der Waals surface area contributed by atoms with Gasteiger partial charge in [0.1, 0.15) is 11.5 Å². The largest absolute Gasteiger partial charge is 0.496 e. The van der Waals surface area contributed by atoms with Crippen LogP contribution in [-0.2, 0) is 6.42 Å². The molecule has 5 nitrogen and oxygen atoms in total. The Hall–Kier alpha value is -2.47. The van der Waals surface area contributed by atoms with Gasteiger partial charge in [0.05, 0.1) is 25.3 Å². The van der Waals surface area contributed by atoms with Crippen LogP contribution in [0.15, 0.2) is 41.3 Å². The molecule has 0 spiro atoms. The molecule has 2 amide bonds. The normalized spacial score (nSPS) is 13.2. The van der Waals surface area contributed by atoms with Crippen molar-refractivity contribution in [2.45, 2.75) is 11.3 Å². The molecule has 0 aliphatic carbocycles. The average molecular weight is 343 g/mol. The molecule has 24 heavy (non-hydrogen) atoms. The van der Waals surface area contributed by atoms with E-state index in [1.165, 1.54) is 4.90 Å². The molecule has 0 N–H and O–H groups in total. The Bertz CT molecular complexity index is 784. The van der Waals surface area contributed by atoms with Crippen molar-refractivity contribution in [2.24, 2.45) is 0 Å². The summed E-state index contributed by atoms with van der Waals surface area (Å²) >= 11 is 4.34. The summed E-state index contributed by atoms with van der Waals surface area (Å²) in [6, 6.07) is 10.4. The van der Waals surface area contributed by atoms with Crippen molar-refractivity contribution in [1.29, 1.82) is 0 Å². The molecule has 0 fully saturated rings. The third kappa shape index (κ3) is 2.73. The second-order valence-corrected chi connectivity index (χ2v) is 5.88. The first-order valence-corrected chi connectivity index (χ1v) is 7.90. The molecule has 0 radical (unpaired) electrons. The fourth-order valence-electron chi connectivity index (χ4n) is 2.81. The maximum absolute atomic E-state index is 12.4. The molecule has 0 aromatic heterocycles. The lowest BCUT2D eigenvalue weighted by atomic mass is 10.1. The van der Waals surface area contributed by atoms with Crippen LogP contribution in [0.2, 0.25) is 0 Å². The van der Waals surface area contributed by atoms with Crippen LogP contribution in [0.5, 0.6) is 11.5 Å². The van der Waals surface area contributed by atoms with Gasteiger partial charge >= 0.3 is 0 Å². The zero-order chi connectivity index (χ0) is 17.3. The smallest absolute Gasteiger partial charge is 0.261 e. The van der Waals surface area contributed by atoms with Gasteiger partial charge in [-0.15, -0.1) is 12.6 Å². The van der Waals surface area contributed by atoms with Crippen molar-refractivity contribution in [3.63, 3.8) is 0 Å². The summed E-state index contributed by atoms with van der Waals surface area (Å²) in [5.41, 5.74) is 1.76. The Morgan fingerprint density at radius 2 is 1.54 bits per heavy atom. The number of fused-ring (bicyclic) bond motifs is 1. The highest BCUT2D eigenvalue weighted by molar-refractivity contribution is 7.80. The molecule has 1 aliphatic heterocycles. The molecule has 2 aromatic rings. The summed E-state index contributed by atoms with van der Waals surface area (Å²) in [7, 11) is 3.13. The molecule has 6 heteroatoms. The quantitative estimate of drug-likeness (QED) is 0.670. The van der Waals surface area contributed by atoms with E-state index in [1.807, 2.05) is 6.07 Å². The molecular weight excluding hydrogens is 326 g/mol. The van der Waals surface area contributed by atoms with Gasteiger partial charge in [0.25, 0.3) is 11.8 Å². The van der Waals surface area contributed by atoms with Gasteiger partial charge < -0.3 is 9.47 Å². The first-order valence-electron chi connectivity index (χ1n) is 7.46. The van der Waals surface area contributed by atoms with Crippen molar-refractivity contribution in [3.05, 3.63) is 53.1 Å². The van der Waals surface area contributed by atoms with Gasteiger partial charge in [0.15, 0.2) is 0 Å². The van der Waals surface area contributed by atoms with Crippen LogP contribution in [0.1, 0.15) is 26.3 Å². The van der Waals surface area contributed by atoms with Gasteiger partial charge in [-0.3, -0.25) is 14.5 Å². The number of benzene rings is 2. The summed E-state index contributed by atoms with van der Waals surface area (Å²) in [4.78, 5) is 26.7. The van der Waals surface area contributed by atoms with E-state index in [2.05, 4.69) is 12.6 Å². The topological polar surface area (TPSA) is 55.8 Å². The lowest BCUT2D eigenvalue weighted by Crippen LogP contribution is -2.31. The molecule has 0 atom stereocenters. The van der Waals surface area contributed by atoms with E-state index < -0.39 is 0 Å². The molecule has 0 unspecified atom stereocenters. The fraction of sp³-hybridized carbons (Fsp3) is 0.222. The molecular formula is C18H17NO4S. The molecule has 0 saturated carbocycles. The third-order valence-corrected chi connectivity index (χ3v) is 4.41. The van der Waals surface area contributed by atoms with Crippen LogP contribution in [0.3, 0.4) is 0 Å². The number of hydrogen-bond donors (Lipinski definition) is 1. The zero-order valence-electron chi connectivity index (χ0n) is 13.4. The third-order valence-electron chi connectivity index (χ3n) is 4.06. The van der Waals surface area contributed by atoms with Crippen molar-refractivity contribution in [1.82, 2.24) is 4.90 Å². The summed E-state index contributed by atoms with van der Waals surface area (Å²) < 4.78 is 10.6. The number of rotatable bonds is 5. The number of imide groups is 1. The van der Waals surface area contributed by atoms with E-state index in [-0.39, 0.29) is 18.4 Å². The van der Waals surface area contributed by atoms with E-state index in [0.717, 1.165) is 5.56 Å². The highest BCUT2D eigenvalue weighted by Gasteiger charge is 2.34. The van der Waals surface area contributed by atoms with Crippen molar-refractivity contribution in [3.8, 4) is 11.5 Å². The number of hydrogen-bond acceptors (Lipinski definition) is 5. The van der Waals surface area contributed by atoms with Crippen LogP contribution < -0.4 is 9.47 Å². The molecule has 3 rings (SSSR count). The van der Waals surface area contributed by atoms with Gasteiger partial charge in [-0.25, -0.2) is 0 Å². The second-order valence-electron chi connectivity index (χ2n) is 5.39. The highest BCUT2D eigenvalue weighted by atomic mass is 32.1. The molecule has 1 aliphatic rings. The fourth-order valence-corrected chi connectivity index (χ4v) is 3.09. The minimum absolute atomic E-state index is 0.257. The van der Waals surface area contributed by atoms with Crippen LogP contribution in [0.25, 0.3) is 0 Å². The number of amides is 2. The van der Waals surface area contributed by atoms with E-state index in [0.29, 0.717) is 33.9 Å². The lowest BCUT2D eigenvalue weighted by molar-refractivity contribution is 0.0656. The second kappa shape index (κ2) is 6.57. The van der Waals surface area contributed by atoms with Crippen molar-refractivity contribution < 1.29 is 19.1 Å². The predicted octanol–water partition coefficient (Wildman–Crippen LogP) is 2.83. The number of ether oxygens (including phenoxy) is 2. The van der Waals surface area contributed by atoms with Gasteiger partial charge in [0.2, 0.25) is 0 Å². The van der Waals surface area contributed by atoms with E-state index in [4.69, 9.17) is 9.47 Å². The Balaban J connectivity index is 1.82. The van der Waals surface area contributed by atoms with E-state index in [9.17, 15) is 9.59 Å².